The van der Waals surface area contributed by atoms with Crippen LogP contribution in [0.5, 0.6) is 0 Å². The van der Waals surface area contributed by atoms with Gasteiger partial charge < -0.3 is 4.40 Å². The Morgan fingerprint density at radius 2 is 2.33 bits per heavy atom. The quantitative estimate of drug-likeness (QED) is 0.713. The van der Waals surface area contributed by atoms with Crippen LogP contribution in [0.4, 0.5) is 0 Å². The van der Waals surface area contributed by atoms with Crippen LogP contribution in [0.3, 0.4) is 0 Å². The van der Waals surface area contributed by atoms with Crippen LogP contribution in [0.2, 0.25) is 0 Å². The number of halogens is 1. The topological polar surface area (TPSA) is 17.3 Å². The lowest BCUT2D eigenvalue weighted by Gasteiger charge is -2.02. The highest BCUT2D eigenvalue weighted by Crippen LogP contribution is 2.33. The fourth-order valence-corrected chi connectivity index (χ4v) is 2.68. The van der Waals surface area contributed by atoms with Gasteiger partial charge in [0.2, 0.25) is 0 Å². The lowest BCUT2D eigenvalue weighted by Crippen LogP contribution is -1.92. The molecule has 3 heteroatoms. The Labute approximate surface area is 97.5 Å². The van der Waals surface area contributed by atoms with Gasteiger partial charge in [-0.1, -0.05) is 6.92 Å². The van der Waals surface area contributed by atoms with Crippen molar-refractivity contribution in [1.82, 2.24) is 9.38 Å². The van der Waals surface area contributed by atoms with Crippen LogP contribution in [0.1, 0.15) is 36.2 Å². The van der Waals surface area contributed by atoms with Gasteiger partial charge >= 0.3 is 0 Å². The average molecular weight is 265 g/mol. The van der Waals surface area contributed by atoms with E-state index in [1.54, 1.807) is 0 Å². The molecular formula is C12H13BrN2. The molecule has 0 fully saturated rings. The minimum atomic E-state index is 0.624. The third kappa shape index (κ3) is 1.26. The standard InChI is InChI=1S/C12H13BrN2/c1-7-3-4-10-12(7)14-11-5-8(2)9(13)6-15(10)11/h5-7H,3-4H2,1-2H3. The van der Waals surface area contributed by atoms with Crippen LogP contribution < -0.4 is 0 Å². The molecule has 78 valence electrons. The zero-order valence-electron chi connectivity index (χ0n) is 8.92. The van der Waals surface area contributed by atoms with E-state index in [9.17, 15) is 0 Å². The van der Waals surface area contributed by atoms with Gasteiger partial charge in [-0.05, 0) is 47.3 Å². The van der Waals surface area contributed by atoms with Gasteiger partial charge in [0.15, 0.2) is 0 Å². The molecule has 2 nitrogen and oxygen atoms in total. The maximum atomic E-state index is 4.72. The molecule has 1 unspecified atom stereocenters. The number of imidazole rings is 1. The molecule has 0 aromatic carbocycles. The van der Waals surface area contributed by atoms with Gasteiger partial charge in [-0.25, -0.2) is 4.98 Å². The maximum absolute atomic E-state index is 4.72. The van der Waals surface area contributed by atoms with Crippen LogP contribution in [0.25, 0.3) is 5.65 Å². The second-order valence-electron chi connectivity index (χ2n) is 4.42. The Kier molecular flexibility index (Phi) is 1.93. The first-order valence-electron chi connectivity index (χ1n) is 5.34. The van der Waals surface area contributed by atoms with Crippen LogP contribution in [0, 0.1) is 6.92 Å². The van der Waals surface area contributed by atoms with E-state index in [-0.39, 0.29) is 0 Å². The molecule has 0 saturated heterocycles. The Hall–Kier alpha value is -0.830. The van der Waals surface area contributed by atoms with E-state index in [0.29, 0.717) is 5.92 Å². The molecule has 2 heterocycles. The van der Waals surface area contributed by atoms with Gasteiger partial charge in [0, 0.05) is 22.3 Å². The molecule has 1 atom stereocenters. The summed E-state index contributed by atoms with van der Waals surface area (Å²) >= 11 is 3.58. The number of aromatic nitrogens is 2. The van der Waals surface area contributed by atoms with Crippen LogP contribution in [0.15, 0.2) is 16.7 Å². The highest BCUT2D eigenvalue weighted by Gasteiger charge is 2.24. The summed E-state index contributed by atoms with van der Waals surface area (Å²) in [6.45, 7) is 4.37. The van der Waals surface area contributed by atoms with Crippen molar-refractivity contribution in [2.75, 3.05) is 0 Å². The predicted molar refractivity (Wildman–Crippen MR) is 64.4 cm³/mol. The van der Waals surface area contributed by atoms with E-state index in [2.05, 4.69) is 46.4 Å². The molecule has 0 amide bonds. The third-order valence-corrected chi connectivity index (χ3v) is 4.14. The van der Waals surface area contributed by atoms with E-state index in [1.165, 1.54) is 23.4 Å². The van der Waals surface area contributed by atoms with Crippen molar-refractivity contribution >= 4 is 21.6 Å². The second-order valence-corrected chi connectivity index (χ2v) is 5.27. The Balaban J connectivity index is 2.35. The molecule has 1 aliphatic carbocycles. The second kappa shape index (κ2) is 3.08. The van der Waals surface area contributed by atoms with Crippen LogP contribution >= 0.6 is 15.9 Å². The summed E-state index contributed by atoms with van der Waals surface area (Å²) in [6, 6.07) is 2.15. The first kappa shape index (κ1) is 9.40. The minimum absolute atomic E-state index is 0.624. The zero-order chi connectivity index (χ0) is 10.6. The van der Waals surface area contributed by atoms with Gasteiger partial charge in [-0.2, -0.15) is 0 Å². The summed E-state index contributed by atoms with van der Waals surface area (Å²) < 4.78 is 3.39. The van der Waals surface area contributed by atoms with Crippen molar-refractivity contribution in [1.29, 1.82) is 0 Å². The fourth-order valence-electron chi connectivity index (χ4n) is 2.36. The summed E-state index contributed by atoms with van der Waals surface area (Å²) in [6.07, 6.45) is 4.55. The molecule has 0 bridgehead atoms. The van der Waals surface area contributed by atoms with Gasteiger partial charge in [0.25, 0.3) is 0 Å². The predicted octanol–water partition coefficient (Wildman–Crippen LogP) is 3.45. The smallest absolute Gasteiger partial charge is 0.137 e. The zero-order valence-corrected chi connectivity index (χ0v) is 10.5. The van der Waals surface area contributed by atoms with Crippen LogP contribution in [-0.2, 0) is 6.42 Å². The molecule has 2 aromatic heterocycles. The Morgan fingerprint density at radius 3 is 3.13 bits per heavy atom. The van der Waals surface area contributed by atoms with E-state index in [1.807, 2.05) is 0 Å². The monoisotopic (exact) mass is 264 g/mol. The SMILES string of the molecule is Cc1cc2nc3c(n2cc1Br)CCC3C. The van der Waals surface area contributed by atoms with Crippen molar-refractivity contribution in [3.8, 4) is 0 Å². The van der Waals surface area contributed by atoms with Crippen molar-refractivity contribution < 1.29 is 0 Å². The van der Waals surface area contributed by atoms with Gasteiger partial charge in [0.1, 0.15) is 5.65 Å². The number of aryl methyl sites for hydroxylation is 2. The van der Waals surface area contributed by atoms with Crippen molar-refractivity contribution in [3.05, 3.63) is 33.7 Å². The van der Waals surface area contributed by atoms with Crippen molar-refractivity contribution in [2.24, 2.45) is 0 Å². The minimum Gasteiger partial charge on any atom is -0.303 e. The third-order valence-electron chi connectivity index (χ3n) is 3.31. The van der Waals surface area contributed by atoms with Gasteiger partial charge in [0.05, 0.1) is 5.69 Å². The highest BCUT2D eigenvalue weighted by atomic mass is 79.9. The molecular weight excluding hydrogens is 252 g/mol. The lowest BCUT2D eigenvalue weighted by molar-refractivity contribution is 0.726. The normalized spacial score (nSPS) is 19.8. The molecule has 0 spiro atoms. The van der Waals surface area contributed by atoms with E-state index in [4.69, 9.17) is 4.98 Å². The number of rotatable bonds is 0. The largest absolute Gasteiger partial charge is 0.303 e. The summed E-state index contributed by atoms with van der Waals surface area (Å²) in [5.74, 6) is 0.624. The first-order chi connectivity index (χ1) is 7.16. The van der Waals surface area contributed by atoms with Gasteiger partial charge in [-0.3, -0.25) is 0 Å². The Morgan fingerprint density at radius 1 is 1.53 bits per heavy atom. The summed E-state index contributed by atoms with van der Waals surface area (Å²) in [7, 11) is 0. The summed E-state index contributed by atoms with van der Waals surface area (Å²) in [5.41, 5.74) is 5.04. The molecule has 0 N–H and O–H groups in total. The van der Waals surface area contributed by atoms with Crippen molar-refractivity contribution in [3.63, 3.8) is 0 Å². The molecule has 2 aromatic rings. The molecule has 1 aliphatic rings. The molecule has 0 radical (unpaired) electrons. The number of pyridine rings is 1. The van der Waals surface area contributed by atoms with E-state index in [0.717, 1.165) is 16.5 Å². The highest BCUT2D eigenvalue weighted by molar-refractivity contribution is 9.10. The molecule has 0 saturated carbocycles. The lowest BCUT2D eigenvalue weighted by atomic mass is 10.1. The fraction of sp³-hybridized carbons (Fsp3) is 0.417. The Bertz CT molecular complexity index is 542. The summed E-state index contributed by atoms with van der Waals surface area (Å²) in [5, 5.41) is 0. The number of hydrogen-bond donors (Lipinski definition) is 0. The number of nitrogens with zero attached hydrogens (tertiary/aromatic N) is 2. The van der Waals surface area contributed by atoms with E-state index < -0.39 is 0 Å². The average Bonchev–Trinajstić information content (AvgIpc) is 2.70. The maximum Gasteiger partial charge on any atom is 0.137 e. The molecule has 0 aliphatic heterocycles. The number of fused-ring (bicyclic) bond motifs is 3. The number of hydrogen-bond acceptors (Lipinski definition) is 1. The van der Waals surface area contributed by atoms with Crippen LogP contribution in [-0.4, -0.2) is 9.38 Å². The summed E-state index contributed by atoms with van der Waals surface area (Å²) in [4.78, 5) is 4.72. The van der Waals surface area contributed by atoms with Gasteiger partial charge in [-0.15, -0.1) is 0 Å². The van der Waals surface area contributed by atoms with Crippen molar-refractivity contribution in [2.45, 2.75) is 32.6 Å². The molecule has 3 rings (SSSR count). The van der Waals surface area contributed by atoms with E-state index >= 15 is 0 Å². The first-order valence-corrected chi connectivity index (χ1v) is 6.13. The molecule has 15 heavy (non-hydrogen) atoms.